The van der Waals surface area contributed by atoms with E-state index >= 15 is 0 Å². The molecule has 8 nitrogen and oxygen atoms in total. The highest BCUT2D eigenvalue weighted by atomic mass is 32.1. The van der Waals surface area contributed by atoms with E-state index in [-0.39, 0.29) is 6.23 Å². The predicted octanol–water partition coefficient (Wildman–Crippen LogP) is 5.11. The fraction of sp³-hybridized carbons (Fsp3) is 0.308. The second-order valence-corrected chi connectivity index (χ2v) is 9.77. The number of benzene rings is 1. The zero-order chi connectivity index (χ0) is 23.8. The van der Waals surface area contributed by atoms with Gasteiger partial charge < -0.3 is 10.1 Å². The second kappa shape index (κ2) is 9.33. The summed E-state index contributed by atoms with van der Waals surface area (Å²) >= 11 is 1.61. The van der Waals surface area contributed by atoms with Gasteiger partial charge in [0.05, 0.1) is 11.4 Å². The normalized spacial score (nSPS) is 16.2. The standard InChI is InChI=1S/C26H27N7OS/c1-17-23(32-15-18(14-27-2)11-12-20(32)29-17)26-30-22(19-8-4-3-5-9-19)24(35-26)25-28-16-33(31-25)21-10-6-7-13-34-21/h3-5,8-9,11-12,15-16,21,27H,6-7,10,13-14H2,1-2H3. The lowest BCUT2D eigenvalue weighted by Crippen LogP contribution is -2.18. The molecule has 0 spiro atoms. The Balaban J connectivity index is 1.48. The topological polar surface area (TPSA) is 82.2 Å². The first-order valence-electron chi connectivity index (χ1n) is 11.9. The molecule has 1 atom stereocenters. The molecule has 1 aromatic carbocycles. The van der Waals surface area contributed by atoms with Crippen LogP contribution in [0.25, 0.3) is 38.3 Å². The largest absolute Gasteiger partial charge is 0.356 e. The van der Waals surface area contributed by atoms with E-state index in [9.17, 15) is 0 Å². The van der Waals surface area contributed by atoms with E-state index in [2.05, 4.69) is 45.2 Å². The Bertz CT molecular complexity index is 1460. The van der Waals surface area contributed by atoms with Gasteiger partial charge in [0.15, 0.2) is 12.1 Å². The van der Waals surface area contributed by atoms with Crippen LogP contribution in [-0.2, 0) is 11.3 Å². The van der Waals surface area contributed by atoms with Crippen molar-refractivity contribution >= 4 is 17.0 Å². The van der Waals surface area contributed by atoms with Crippen molar-refractivity contribution in [3.8, 4) is 32.7 Å². The molecule has 0 aliphatic carbocycles. The van der Waals surface area contributed by atoms with Gasteiger partial charge in [0, 0.05) is 24.9 Å². The van der Waals surface area contributed by atoms with Crippen LogP contribution in [-0.4, -0.2) is 42.8 Å². The number of aromatic nitrogens is 6. The molecule has 4 aromatic heterocycles. The lowest BCUT2D eigenvalue weighted by molar-refractivity contribution is -0.0395. The summed E-state index contributed by atoms with van der Waals surface area (Å²) in [5.74, 6) is 0.670. The third-order valence-corrected chi connectivity index (χ3v) is 7.33. The van der Waals surface area contributed by atoms with Crippen molar-refractivity contribution in [3.05, 3.63) is 66.2 Å². The Morgan fingerprint density at radius 1 is 1.11 bits per heavy atom. The van der Waals surface area contributed by atoms with Gasteiger partial charge in [0.2, 0.25) is 0 Å². The Kier molecular flexibility index (Phi) is 5.89. The number of rotatable bonds is 6. The zero-order valence-electron chi connectivity index (χ0n) is 19.8. The highest BCUT2D eigenvalue weighted by Gasteiger charge is 2.24. The average Bonchev–Trinajstić information content (AvgIpc) is 3.61. The van der Waals surface area contributed by atoms with Gasteiger partial charge in [0.1, 0.15) is 27.6 Å². The van der Waals surface area contributed by atoms with E-state index in [0.29, 0.717) is 5.82 Å². The summed E-state index contributed by atoms with van der Waals surface area (Å²) < 4.78 is 9.91. The first-order valence-corrected chi connectivity index (χ1v) is 12.7. The molecule has 9 heteroatoms. The van der Waals surface area contributed by atoms with E-state index in [1.54, 1.807) is 17.7 Å². The van der Waals surface area contributed by atoms with Crippen molar-refractivity contribution in [3.63, 3.8) is 0 Å². The lowest BCUT2D eigenvalue weighted by atomic mass is 10.1. The smallest absolute Gasteiger partial charge is 0.193 e. The third-order valence-electron chi connectivity index (χ3n) is 6.27. The molecule has 0 saturated carbocycles. The Morgan fingerprint density at radius 2 is 2.00 bits per heavy atom. The lowest BCUT2D eigenvalue weighted by Gasteiger charge is -2.21. The molecule has 0 radical (unpaired) electrons. The van der Waals surface area contributed by atoms with Gasteiger partial charge in [-0.05, 0) is 44.9 Å². The Morgan fingerprint density at radius 3 is 2.80 bits per heavy atom. The van der Waals surface area contributed by atoms with Crippen LogP contribution in [0, 0.1) is 6.92 Å². The molecule has 1 unspecified atom stereocenters. The summed E-state index contributed by atoms with van der Waals surface area (Å²) in [4.78, 5) is 15.6. The predicted molar refractivity (Wildman–Crippen MR) is 137 cm³/mol. The molecule has 178 valence electrons. The number of nitrogens with one attached hydrogen (secondary N) is 1. The van der Waals surface area contributed by atoms with Crippen LogP contribution < -0.4 is 5.32 Å². The van der Waals surface area contributed by atoms with E-state index in [0.717, 1.165) is 70.6 Å². The van der Waals surface area contributed by atoms with E-state index in [1.165, 1.54) is 5.56 Å². The molecule has 1 aliphatic heterocycles. The van der Waals surface area contributed by atoms with Crippen LogP contribution in [0.5, 0.6) is 0 Å². The van der Waals surface area contributed by atoms with Crippen LogP contribution in [0.1, 0.15) is 36.7 Å². The maximum Gasteiger partial charge on any atom is 0.193 e. The third kappa shape index (κ3) is 4.16. The SMILES string of the molecule is CNCc1ccc2nc(C)c(-c3nc(-c4ccccc4)c(-c4ncn(C5CCCCO5)n4)s3)n2c1. The molecule has 5 aromatic rings. The number of pyridine rings is 1. The fourth-order valence-electron chi connectivity index (χ4n) is 4.59. The molecule has 0 bridgehead atoms. The summed E-state index contributed by atoms with van der Waals surface area (Å²) in [5, 5.41) is 8.95. The van der Waals surface area contributed by atoms with Crippen LogP contribution in [0.4, 0.5) is 0 Å². The summed E-state index contributed by atoms with van der Waals surface area (Å²) in [5.41, 5.74) is 5.96. The summed E-state index contributed by atoms with van der Waals surface area (Å²) in [6.07, 6.45) is 7.06. The Hall–Kier alpha value is -3.40. The minimum Gasteiger partial charge on any atom is -0.356 e. The van der Waals surface area contributed by atoms with Gasteiger partial charge in [-0.1, -0.05) is 36.4 Å². The number of hydrogen-bond acceptors (Lipinski definition) is 7. The molecule has 6 rings (SSSR count). The van der Waals surface area contributed by atoms with Crippen molar-refractivity contribution in [2.75, 3.05) is 13.7 Å². The van der Waals surface area contributed by atoms with Crippen LogP contribution in [0.3, 0.4) is 0 Å². The number of ether oxygens (including phenoxy) is 1. The number of nitrogens with zero attached hydrogens (tertiary/aromatic N) is 6. The Labute approximate surface area is 207 Å². The molecule has 35 heavy (non-hydrogen) atoms. The van der Waals surface area contributed by atoms with Gasteiger partial charge >= 0.3 is 0 Å². The first kappa shape index (κ1) is 22.1. The van der Waals surface area contributed by atoms with Crippen molar-refractivity contribution in [2.45, 2.75) is 39.0 Å². The molecular formula is C26H27N7OS. The highest BCUT2D eigenvalue weighted by Crippen LogP contribution is 2.40. The molecule has 5 heterocycles. The summed E-state index contributed by atoms with van der Waals surface area (Å²) in [6.45, 7) is 3.59. The highest BCUT2D eigenvalue weighted by molar-refractivity contribution is 7.18. The van der Waals surface area contributed by atoms with Gasteiger partial charge in [-0.2, -0.15) is 0 Å². The maximum atomic E-state index is 5.92. The van der Waals surface area contributed by atoms with Crippen LogP contribution in [0.15, 0.2) is 55.0 Å². The number of imidazole rings is 1. The minimum absolute atomic E-state index is 0.0517. The quantitative estimate of drug-likeness (QED) is 0.360. The van der Waals surface area contributed by atoms with E-state index in [4.69, 9.17) is 19.8 Å². The second-order valence-electron chi connectivity index (χ2n) is 8.77. The summed E-state index contributed by atoms with van der Waals surface area (Å²) in [7, 11) is 1.95. The fourth-order valence-corrected chi connectivity index (χ4v) is 5.71. The van der Waals surface area contributed by atoms with E-state index < -0.39 is 0 Å². The van der Waals surface area contributed by atoms with Crippen molar-refractivity contribution in [1.82, 2.24) is 34.4 Å². The van der Waals surface area contributed by atoms with Gasteiger partial charge in [-0.3, -0.25) is 4.40 Å². The van der Waals surface area contributed by atoms with Crippen molar-refractivity contribution in [1.29, 1.82) is 0 Å². The average molecular weight is 486 g/mol. The summed E-state index contributed by atoms with van der Waals surface area (Å²) in [6, 6.07) is 14.4. The number of thiazole rings is 1. The first-order chi connectivity index (χ1) is 17.2. The molecular weight excluding hydrogens is 458 g/mol. The molecule has 1 saturated heterocycles. The molecule has 1 fully saturated rings. The molecule has 1 aliphatic rings. The van der Waals surface area contributed by atoms with Gasteiger partial charge in [0.25, 0.3) is 0 Å². The number of aryl methyl sites for hydroxylation is 1. The van der Waals surface area contributed by atoms with E-state index in [1.807, 2.05) is 36.9 Å². The molecule has 0 amide bonds. The number of fused-ring (bicyclic) bond motifs is 1. The van der Waals surface area contributed by atoms with Crippen LogP contribution in [0.2, 0.25) is 0 Å². The zero-order valence-corrected chi connectivity index (χ0v) is 20.6. The van der Waals surface area contributed by atoms with Crippen LogP contribution >= 0.6 is 11.3 Å². The number of hydrogen-bond donors (Lipinski definition) is 1. The van der Waals surface area contributed by atoms with Crippen molar-refractivity contribution in [2.24, 2.45) is 0 Å². The maximum absolute atomic E-state index is 5.92. The van der Waals surface area contributed by atoms with Gasteiger partial charge in [-0.15, -0.1) is 16.4 Å². The minimum atomic E-state index is -0.0517. The molecule has 1 N–H and O–H groups in total. The van der Waals surface area contributed by atoms with Crippen molar-refractivity contribution < 1.29 is 4.74 Å². The van der Waals surface area contributed by atoms with Gasteiger partial charge in [-0.25, -0.2) is 19.6 Å². The monoisotopic (exact) mass is 485 g/mol.